The minimum Gasteiger partial charge on any atom is -0.494 e. The molecule has 3 rings (SSSR count). The quantitative estimate of drug-likeness (QED) is 0.855. The maximum atomic E-state index is 9.70. The van der Waals surface area contributed by atoms with Crippen molar-refractivity contribution in [3.05, 3.63) is 53.7 Å². The van der Waals surface area contributed by atoms with Crippen molar-refractivity contribution in [2.45, 2.75) is 31.7 Å². The topological polar surface area (TPSA) is 25.2 Å². The average Bonchev–Trinajstić information content (AvgIpc) is 2.99. The Labute approximate surface area is 102 Å². The first kappa shape index (κ1) is 10.5. The molecule has 88 valence electrons. The summed E-state index contributed by atoms with van der Waals surface area (Å²) in [7, 11) is 0. The van der Waals surface area contributed by atoms with Crippen LogP contribution in [0.2, 0.25) is 0 Å². The summed E-state index contributed by atoms with van der Waals surface area (Å²) in [6.07, 6.45) is 4.38. The van der Waals surface area contributed by atoms with Gasteiger partial charge in [-0.3, -0.25) is 0 Å². The van der Waals surface area contributed by atoms with Gasteiger partial charge in [0.05, 0.1) is 0 Å². The van der Waals surface area contributed by atoms with E-state index in [4.69, 9.17) is 0 Å². The Kier molecular flexibility index (Phi) is 2.25. The molecule has 1 fully saturated rings. The Morgan fingerprint density at radius 3 is 2.41 bits per heavy atom. The van der Waals surface area contributed by atoms with Gasteiger partial charge in [0.1, 0.15) is 0 Å². The van der Waals surface area contributed by atoms with Crippen LogP contribution in [0.3, 0.4) is 0 Å². The van der Waals surface area contributed by atoms with Crippen molar-refractivity contribution in [3.8, 4) is 5.88 Å². The minimum atomic E-state index is 0.254. The normalized spacial score (nSPS) is 17.0. The highest BCUT2D eigenvalue weighted by Gasteiger charge is 2.44. The molecule has 0 bridgehead atoms. The van der Waals surface area contributed by atoms with Crippen molar-refractivity contribution < 1.29 is 5.11 Å². The maximum Gasteiger partial charge on any atom is 0.190 e. The van der Waals surface area contributed by atoms with Gasteiger partial charge in [-0.1, -0.05) is 29.8 Å². The lowest BCUT2D eigenvalue weighted by Gasteiger charge is -2.17. The maximum absolute atomic E-state index is 9.70. The molecule has 0 atom stereocenters. The summed E-state index contributed by atoms with van der Waals surface area (Å²) in [5, 5.41) is 9.70. The van der Waals surface area contributed by atoms with Crippen molar-refractivity contribution in [2.24, 2.45) is 0 Å². The van der Waals surface area contributed by atoms with Crippen LogP contribution in [-0.2, 0) is 12.0 Å². The van der Waals surface area contributed by atoms with E-state index < -0.39 is 0 Å². The third-order valence-electron chi connectivity index (χ3n) is 3.80. The zero-order chi connectivity index (χ0) is 11.9. The summed E-state index contributed by atoms with van der Waals surface area (Å²) >= 11 is 0. The average molecular weight is 227 g/mol. The second-order valence-electron chi connectivity index (χ2n) is 5.14. The first-order chi connectivity index (χ1) is 8.20. The Morgan fingerprint density at radius 2 is 1.88 bits per heavy atom. The molecular formula is C15H17NO. The van der Waals surface area contributed by atoms with Crippen LogP contribution in [0, 0.1) is 6.92 Å². The van der Waals surface area contributed by atoms with E-state index in [9.17, 15) is 5.11 Å². The van der Waals surface area contributed by atoms with Crippen LogP contribution in [0.25, 0.3) is 0 Å². The fourth-order valence-corrected chi connectivity index (χ4v) is 2.46. The molecule has 0 unspecified atom stereocenters. The van der Waals surface area contributed by atoms with E-state index in [0.717, 1.165) is 6.54 Å². The molecule has 2 heteroatoms. The molecule has 1 N–H and O–H groups in total. The molecule has 1 aliphatic carbocycles. The van der Waals surface area contributed by atoms with Gasteiger partial charge in [-0.15, -0.1) is 0 Å². The fraction of sp³-hybridized carbons (Fsp3) is 0.333. The number of nitrogens with zero attached hydrogens (tertiary/aromatic N) is 1. The highest BCUT2D eigenvalue weighted by atomic mass is 16.3. The van der Waals surface area contributed by atoms with Crippen molar-refractivity contribution in [1.29, 1.82) is 0 Å². The third kappa shape index (κ3) is 1.84. The number of hydrogen-bond donors (Lipinski definition) is 1. The van der Waals surface area contributed by atoms with Gasteiger partial charge in [0.25, 0.3) is 0 Å². The minimum absolute atomic E-state index is 0.254. The molecule has 0 saturated heterocycles. The molecule has 1 aromatic heterocycles. The van der Waals surface area contributed by atoms with E-state index in [-0.39, 0.29) is 5.41 Å². The smallest absolute Gasteiger partial charge is 0.190 e. The first-order valence-corrected chi connectivity index (χ1v) is 6.11. The summed E-state index contributed by atoms with van der Waals surface area (Å²) in [6.45, 7) is 3.00. The highest BCUT2D eigenvalue weighted by molar-refractivity contribution is 5.33. The van der Waals surface area contributed by atoms with Crippen molar-refractivity contribution in [3.63, 3.8) is 0 Å². The molecule has 1 saturated carbocycles. The molecule has 1 aliphatic rings. The van der Waals surface area contributed by atoms with Crippen LogP contribution < -0.4 is 0 Å². The van der Waals surface area contributed by atoms with Crippen LogP contribution in [0.4, 0.5) is 0 Å². The fourth-order valence-electron chi connectivity index (χ4n) is 2.46. The van der Waals surface area contributed by atoms with Crippen molar-refractivity contribution in [2.75, 3.05) is 0 Å². The van der Waals surface area contributed by atoms with Gasteiger partial charge in [-0.25, -0.2) is 0 Å². The summed E-state index contributed by atoms with van der Waals surface area (Å²) in [5.74, 6) is 0.364. The molecule has 1 aromatic carbocycles. The zero-order valence-corrected chi connectivity index (χ0v) is 10.1. The van der Waals surface area contributed by atoms with Crippen LogP contribution in [0.1, 0.15) is 24.0 Å². The van der Waals surface area contributed by atoms with E-state index in [1.54, 1.807) is 6.07 Å². The van der Waals surface area contributed by atoms with Crippen LogP contribution in [0.15, 0.2) is 42.6 Å². The number of aryl methyl sites for hydroxylation is 1. The van der Waals surface area contributed by atoms with Crippen LogP contribution >= 0.6 is 0 Å². The number of rotatable bonds is 3. The van der Waals surface area contributed by atoms with Gasteiger partial charge in [-0.05, 0) is 37.5 Å². The predicted molar refractivity (Wildman–Crippen MR) is 68.2 cm³/mol. The highest BCUT2D eigenvalue weighted by Crippen LogP contribution is 2.50. The molecule has 17 heavy (non-hydrogen) atoms. The van der Waals surface area contributed by atoms with Crippen LogP contribution in [0.5, 0.6) is 5.88 Å². The molecule has 2 nitrogen and oxygen atoms in total. The molecule has 2 aromatic rings. The number of hydrogen-bond acceptors (Lipinski definition) is 1. The monoisotopic (exact) mass is 227 g/mol. The number of aromatic hydroxyl groups is 1. The van der Waals surface area contributed by atoms with Gasteiger partial charge in [-0.2, -0.15) is 0 Å². The largest absolute Gasteiger partial charge is 0.494 e. The molecule has 0 amide bonds. The molecule has 1 heterocycles. The van der Waals surface area contributed by atoms with Crippen molar-refractivity contribution >= 4 is 0 Å². The molecule has 0 aliphatic heterocycles. The Morgan fingerprint density at radius 1 is 1.18 bits per heavy atom. The van der Waals surface area contributed by atoms with Gasteiger partial charge < -0.3 is 9.67 Å². The van der Waals surface area contributed by atoms with Gasteiger partial charge in [0.2, 0.25) is 0 Å². The zero-order valence-electron chi connectivity index (χ0n) is 10.1. The van der Waals surface area contributed by atoms with Crippen LogP contribution in [-0.4, -0.2) is 9.67 Å². The molecule has 0 spiro atoms. The number of aromatic nitrogens is 1. The van der Waals surface area contributed by atoms with E-state index >= 15 is 0 Å². The van der Waals surface area contributed by atoms with Gasteiger partial charge in [0, 0.05) is 18.2 Å². The van der Waals surface area contributed by atoms with Gasteiger partial charge in [0.15, 0.2) is 5.88 Å². The van der Waals surface area contributed by atoms with Gasteiger partial charge >= 0.3 is 0 Å². The summed E-state index contributed by atoms with van der Waals surface area (Å²) < 4.78 is 1.94. The lowest BCUT2D eigenvalue weighted by atomic mass is 9.95. The summed E-state index contributed by atoms with van der Waals surface area (Å²) in [5.41, 5.74) is 2.95. The lowest BCUT2D eigenvalue weighted by Crippen LogP contribution is -2.15. The van der Waals surface area contributed by atoms with E-state index in [0.29, 0.717) is 5.88 Å². The summed E-state index contributed by atoms with van der Waals surface area (Å²) in [6, 6.07) is 12.4. The Bertz CT molecular complexity index is 520. The Hall–Kier alpha value is -1.70. The summed E-state index contributed by atoms with van der Waals surface area (Å²) in [4.78, 5) is 0. The SMILES string of the molecule is Cc1ccc(C2(Cn3cccc3O)CC2)cc1. The second kappa shape index (κ2) is 3.66. The van der Waals surface area contributed by atoms with E-state index in [1.165, 1.54) is 24.0 Å². The molecular weight excluding hydrogens is 210 g/mol. The van der Waals surface area contributed by atoms with E-state index in [1.807, 2.05) is 16.8 Å². The Balaban J connectivity index is 1.87. The second-order valence-corrected chi connectivity index (χ2v) is 5.14. The predicted octanol–water partition coefficient (Wildman–Crippen LogP) is 3.23. The van der Waals surface area contributed by atoms with E-state index in [2.05, 4.69) is 31.2 Å². The third-order valence-corrected chi connectivity index (χ3v) is 3.80. The van der Waals surface area contributed by atoms with Crippen molar-refractivity contribution in [1.82, 2.24) is 4.57 Å². The number of benzene rings is 1. The lowest BCUT2D eigenvalue weighted by molar-refractivity contribution is 0.399. The standard InChI is InChI=1S/C15H17NO/c1-12-4-6-13(7-5-12)15(8-9-15)11-16-10-2-3-14(16)17/h2-7,10,17H,8-9,11H2,1H3. The first-order valence-electron chi connectivity index (χ1n) is 6.11. The molecule has 0 radical (unpaired) electrons.